The molecule has 0 bridgehead atoms. The van der Waals surface area contributed by atoms with Crippen LogP contribution in [-0.4, -0.2) is 12.6 Å². The minimum absolute atomic E-state index is 0. The van der Waals surface area contributed by atoms with Crippen molar-refractivity contribution in [3.05, 3.63) is 71.8 Å². The zero-order valence-corrected chi connectivity index (χ0v) is 13.7. The summed E-state index contributed by atoms with van der Waals surface area (Å²) in [5, 5.41) is 0. The summed E-state index contributed by atoms with van der Waals surface area (Å²) in [6.45, 7) is 2.30. The van der Waals surface area contributed by atoms with Gasteiger partial charge in [-0.25, -0.2) is 0 Å². The van der Waals surface area contributed by atoms with Gasteiger partial charge in [-0.05, 0) is 30.9 Å². The number of hydrogen-bond donors (Lipinski definition) is 0. The summed E-state index contributed by atoms with van der Waals surface area (Å²) in [5.41, 5.74) is 2.60. The molecular formula is C19H23ClO2. The van der Waals surface area contributed by atoms with Gasteiger partial charge in [0, 0.05) is 12.3 Å². The third kappa shape index (κ3) is 5.53. The number of ether oxygens (including phenoxy) is 1. The Bertz CT molecular complexity index is 500. The number of hydrogen-bond acceptors (Lipinski definition) is 2. The summed E-state index contributed by atoms with van der Waals surface area (Å²) in [5.74, 6) is 0.235. The fraction of sp³-hybridized carbons (Fsp3) is 0.316. The Hall–Kier alpha value is -1.80. The van der Waals surface area contributed by atoms with Crippen molar-refractivity contribution in [1.29, 1.82) is 0 Å². The van der Waals surface area contributed by atoms with Crippen LogP contribution in [0.3, 0.4) is 0 Å². The lowest BCUT2D eigenvalue weighted by Crippen LogP contribution is -2.06. The maximum Gasteiger partial charge on any atom is 0.305 e. The second-order valence-electron chi connectivity index (χ2n) is 5.07. The fourth-order valence-corrected chi connectivity index (χ4v) is 2.58. The van der Waals surface area contributed by atoms with E-state index < -0.39 is 0 Å². The highest BCUT2D eigenvalue weighted by atomic mass is 35.5. The number of benzene rings is 2. The van der Waals surface area contributed by atoms with Crippen LogP contribution in [0, 0.1) is 0 Å². The molecule has 0 fully saturated rings. The summed E-state index contributed by atoms with van der Waals surface area (Å²) in [7, 11) is 0. The lowest BCUT2D eigenvalue weighted by Gasteiger charge is -2.18. The quantitative estimate of drug-likeness (QED) is 0.673. The molecule has 0 aliphatic carbocycles. The molecule has 0 unspecified atom stereocenters. The molecule has 0 aliphatic heterocycles. The average Bonchev–Trinajstić information content (AvgIpc) is 2.53. The lowest BCUT2D eigenvalue weighted by atomic mass is 9.87. The molecule has 22 heavy (non-hydrogen) atoms. The molecule has 0 aromatic heterocycles. The molecule has 2 rings (SSSR count). The van der Waals surface area contributed by atoms with Gasteiger partial charge in [0.15, 0.2) is 0 Å². The molecule has 2 aromatic carbocycles. The van der Waals surface area contributed by atoms with Crippen LogP contribution in [0.4, 0.5) is 0 Å². The summed E-state index contributed by atoms with van der Waals surface area (Å²) in [6, 6.07) is 20.9. The number of rotatable bonds is 7. The first-order valence-corrected chi connectivity index (χ1v) is 7.56. The van der Waals surface area contributed by atoms with Gasteiger partial charge in [-0.15, -0.1) is 12.4 Å². The molecule has 0 saturated heterocycles. The van der Waals surface area contributed by atoms with Crippen molar-refractivity contribution in [1.82, 2.24) is 0 Å². The molecule has 0 radical (unpaired) electrons. The highest BCUT2D eigenvalue weighted by molar-refractivity contribution is 5.85. The van der Waals surface area contributed by atoms with E-state index in [1.807, 2.05) is 19.1 Å². The van der Waals surface area contributed by atoms with E-state index in [2.05, 4.69) is 48.5 Å². The van der Waals surface area contributed by atoms with Crippen molar-refractivity contribution in [2.75, 3.05) is 6.61 Å². The molecule has 0 saturated carbocycles. The SMILES string of the molecule is CCOC(=O)CCCC(c1ccccc1)c1ccccc1.Cl. The fourth-order valence-electron chi connectivity index (χ4n) is 2.58. The second kappa shape index (κ2) is 10.0. The van der Waals surface area contributed by atoms with Crippen molar-refractivity contribution >= 4 is 18.4 Å². The van der Waals surface area contributed by atoms with Crippen LogP contribution in [0.2, 0.25) is 0 Å². The van der Waals surface area contributed by atoms with Crippen LogP contribution in [0.15, 0.2) is 60.7 Å². The largest absolute Gasteiger partial charge is 0.466 e. The minimum atomic E-state index is -0.0997. The molecule has 0 heterocycles. The van der Waals surface area contributed by atoms with E-state index >= 15 is 0 Å². The summed E-state index contributed by atoms with van der Waals surface area (Å²) < 4.78 is 5.00. The molecule has 0 aliphatic rings. The average molecular weight is 319 g/mol. The van der Waals surface area contributed by atoms with E-state index in [0.29, 0.717) is 18.9 Å². The standard InChI is InChI=1S/C19H22O2.ClH/c1-2-21-19(20)15-9-14-18(16-10-5-3-6-11-16)17-12-7-4-8-13-17;/h3-8,10-13,18H,2,9,14-15H2,1H3;1H. The highest BCUT2D eigenvalue weighted by Crippen LogP contribution is 2.29. The molecule has 118 valence electrons. The Morgan fingerprint density at radius 3 is 1.91 bits per heavy atom. The molecule has 0 atom stereocenters. The summed E-state index contributed by atoms with van der Waals surface area (Å²) in [6.07, 6.45) is 2.28. The molecule has 0 amide bonds. The summed E-state index contributed by atoms with van der Waals surface area (Å²) >= 11 is 0. The Morgan fingerprint density at radius 2 is 1.45 bits per heavy atom. The van der Waals surface area contributed by atoms with Gasteiger partial charge in [0.25, 0.3) is 0 Å². The van der Waals surface area contributed by atoms with Crippen LogP contribution in [-0.2, 0) is 9.53 Å². The normalized spacial score (nSPS) is 10.1. The van der Waals surface area contributed by atoms with Gasteiger partial charge < -0.3 is 4.74 Å². The molecule has 3 heteroatoms. The van der Waals surface area contributed by atoms with E-state index in [0.717, 1.165) is 12.8 Å². The lowest BCUT2D eigenvalue weighted by molar-refractivity contribution is -0.143. The van der Waals surface area contributed by atoms with Crippen molar-refractivity contribution < 1.29 is 9.53 Å². The van der Waals surface area contributed by atoms with Gasteiger partial charge in [-0.2, -0.15) is 0 Å². The topological polar surface area (TPSA) is 26.3 Å². The second-order valence-corrected chi connectivity index (χ2v) is 5.07. The molecule has 0 N–H and O–H groups in total. The van der Waals surface area contributed by atoms with E-state index in [1.165, 1.54) is 11.1 Å². The van der Waals surface area contributed by atoms with Crippen LogP contribution >= 0.6 is 12.4 Å². The number of esters is 1. The van der Waals surface area contributed by atoms with Crippen LogP contribution in [0.5, 0.6) is 0 Å². The van der Waals surface area contributed by atoms with Crippen molar-refractivity contribution in [3.8, 4) is 0 Å². The van der Waals surface area contributed by atoms with Gasteiger partial charge in [0.2, 0.25) is 0 Å². The van der Waals surface area contributed by atoms with Crippen LogP contribution in [0.25, 0.3) is 0 Å². The predicted octanol–water partition coefficient (Wildman–Crippen LogP) is 4.97. The van der Waals surface area contributed by atoms with E-state index in [-0.39, 0.29) is 18.4 Å². The van der Waals surface area contributed by atoms with Crippen molar-refractivity contribution in [2.24, 2.45) is 0 Å². The number of carbonyl (C=O) groups is 1. The third-order valence-corrected chi connectivity index (χ3v) is 3.58. The number of carbonyl (C=O) groups excluding carboxylic acids is 1. The minimum Gasteiger partial charge on any atom is -0.466 e. The van der Waals surface area contributed by atoms with E-state index in [1.54, 1.807) is 0 Å². The maximum absolute atomic E-state index is 11.5. The Labute approximate surface area is 138 Å². The third-order valence-electron chi connectivity index (χ3n) is 3.58. The summed E-state index contributed by atoms with van der Waals surface area (Å²) in [4.78, 5) is 11.5. The monoisotopic (exact) mass is 318 g/mol. The zero-order chi connectivity index (χ0) is 14.9. The Balaban J connectivity index is 0.00000242. The van der Waals surface area contributed by atoms with Gasteiger partial charge in [-0.3, -0.25) is 4.79 Å². The van der Waals surface area contributed by atoms with Crippen LogP contribution in [0.1, 0.15) is 43.2 Å². The van der Waals surface area contributed by atoms with Gasteiger partial charge >= 0.3 is 5.97 Å². The van der Waals surface area contributed by atoms with Crippen LogP contribution < -0.4 is 0 Å². The Morgan fingerprint density at radius 1 is 0.955 bits per heavy atom. The highest BCUT2D eigenvalue weighted by Gasteiger charge is 2.14. The van der Waals surface area contributed by atoms with E-state index in [9.17, 15) is 4.79 Å². The first-order chi connectivity index (χ1) is 10.3. The smallest absolute Gasteiger partial charge is 0.305 e. The van der Waals surface area contributed by atoms with Gasteiger partial charge in [0.1, 0.15) is 0 Å². The maximum atomic E-state index is 11.5. The van der Waals surface area contributed by atoms with Gasteiger partial charge in [0.05, 0.1) is 6.61 Å². The molecular weight excluding hydrogens is 296 g/mol. The first-order valence-electron chi connectivity index (χ1n) is 7.56. The number of halogens is 1. The van der Waals surface area contributed by atoms with Crippen molar-refractivity contribution in [2.45, 2.75) is 32.1 Å². The molecule has 2 nitrogen and oxygen atoms in total. The first kappa shape index (κ1) is 18.2. The van der Waals surface area contributed by atoms with Gasteiger partial charge in [-0.1, -0.05) is 60.7 Å². The zero-order valence-electron chi connectivity index (χ0n) is 12.9. The predicted molar refractivity (Wildman–Crippen MR) is 92.5 cm³/mol. The molecule has 0 spiro atoms. The van der Waals surface area contributed by atoms with E-state index in [4.69, 9.17) is 4.74 Å². The van der Waals surface area contributed by atoms with Crippen molar-refractivity contribution in [3.63, 3.8) is 0 Å². The molecule has 2 aromatic rings. The Kier molecular flexibility index (Phi) is 8.31.